The highest BCUT2D eigenvalue weighted by Gasteiger charge is 2.12. The molecule has 3 N–H and O–H groups in total. The molecule has 1 atom stereocenters. The van der Waals surface area contributed by atoms with Gasteiger partial charge in [-0.1, -0.05) is 53.5 Å². The standard InChI is InChI=1S/C16H19BrN2O/c1-2-11(10-18)9-16(20)19-15-8-7-14(17)12-5-3-4-6-13(12)15/h3-8,11H,2,9-10,18H2,1H3,(H,19,20). The molecule has 0 aromatic heterocycles. The monoisotopic (exact) mass is 334 g/mol. The summed E-state index contributed by atoms with van der Waals surface area (Å²) in [6, 6.07) is 11.9. The number of nitrogens with two attached hydrogens (primary N) is 1. The minimum absolute atomic E-state index is 0.0229. The SMILES string of the molecule is CCC(CN)CC(=O)Nc1ccc(Br)c2ccccc12. The maximum Gasteiger partial charge on any atom is 0.224 e. The van der Waals surface area contributed by atoms with Crippen LogP contribution in [-0.2, 0) is 4.79 Å². The number of hydrogen-bond donors (Lipinski definition) is 2. The highest BCUT2D eigenvalue weighted by molar-refractivity contribution is 9.10. The lowest BCUT2D eigenvalue weighted by Crippen LogP contribution is -2.21. The lowest BCUT2D eigenvalue weighted by atomic mass is 10.0. The summed E-state index contributed by atoms with van der Waals surface area (Å²) in [5.74, 6) is 0.270. The number of halogens is 1. The van der Waals surface area contributed by atoms with Gasteiger partial charge in [0.05, 0.1) is 0 Å². The van der Waals surface area contributed by atoms with Crippen LogP contribution in [0.1, 0.15) is 19.8 Å². The number of nitrogens with one attached hydrogen (secondary N) is 1. The topological polar surface area (TPSA) is 55.1 Å². The Balaban J connectivity index is 2.22. The molecule has 0 fully saturated rings. The van der Waals surface area contributed by atoms with E-state index in [1.807, 2.05) is 36.4 Å². The average molecular weight is 335 g/mol. The Labute approximate surface area is 127 Å². The van der Waals surface area contributed by atoms with Crippen molar-refractivity contribution in [2.24, 2.45) is 11.7 Å². The van der Waals surface area contributed by atoms with Gasteiger partial charge in [0.15, 0.2) is 0 Å². The molecule has 0 aliphatic carbocycles. The van der Waals surface area contributed by atoms with E-state index in [0.29, 0.717) is 13.0 Å². The van der Waals surface area contributed by atoms with E-state index in [1.165, 1.54) is 0 Å². The first-order valence-electron chi connectivity index (χ1n) is 6.82. The minimum atomic E-state index is 0.0229. The highest BCUT2D eigenvalue weighted by Crippen LogP contribution is 2.30. The number of hydrogen-bond acceptors (Lipinski definition) is 2. The van der Waals surface area contributed by atoms with Gasteiger partial charge in [-0.2, -0.15) is 0 Å². The summed E-state index contributed by atoms with van der Waals surface area (Å²) in [4.78, 5) is 12.1. The molecular formula is C16H19BrN2O. The summed E-state index contributed by atoms with van der Waals surface area (Å²) in [6.45, 7) is 2.60. The van der Waals surface area contributed by atoms with Gasteiger partial charge in [-0.25, -0.2) is 0 Å². The van der Waals surface area contributed by atoms with Gasteiger partial charge < -0.3 is 11.1 Å². The third kappa shape index (κ3) is 3.38. The molecule has 0 bridgehead atoms. The number of fused-ring (bicyclic) bond motifs is 1. The van der Waals surface area contributed by atoms with Crippen molar-refractivity contribution in [2.45, 2.75) is 19.8 Å². The number of carbonyl (C=O) groups excluding carboxylic acids is 1. The molecule has 20 heavy (non-hydrogen) atoms. The van der Waals surface area contributed by atoms with Crippen LogP contribution in [0.4, 0.5) is 5.69 Å². The first kappa shape index (κ1) is 15.0. The molecule has 0 saturated heterocycles. The Bertz CT molecular complexity index is 608. The van der Waals surface area contributed by atoms with Gasteiger partial charge in [-0.15, -0.1) is 0 Å². The Kier molecular flexibility index (Phi) is 5.15. The van der Waals surface area contributed by atoms with Crippen LogP contribution < -0.4 is 11.1 Å². The van der Waals surface area contributed by atoms with Crippen molar-refractivity contribution in [3.05, 3.63) is 40.9 Å². The lowest BCUT2D eigenvalue weighted by Gasteiger charge is -2.13. The number of anilines is 1. The Hall–Kier alpha value is -1.39. The average Bonchev–Trinajstić information content (AvgIpc) is 2.48. The highest BCUT2D eigenvalue weighted by atomic mass is 79.9. The van der Waals surface area contributed by atoms with Gasteiger partial charge in [0, 0.05) is 22.0 Å². The van der Waals surface area contributed by atoms with Crippen LogP contribution in [-0.4, -0.2) is 12.5 Å². The lowest BCUT2D eigenvalue weighted by molar-refractivity contribution is -0.117. The van der Waals surface area contributed by atoms with E-state index in [9.17, 15) is 4.79 Å². The molecule has 2 rings (SSSR count). The second-order valence-corrected chi connectivity index (χ2v) is 5.76. The quantitative estimate of drug-likeness (QED) is 0.870. The number of rotatable bonds is 5. The zero-order valence-electron chi connectivity index (χ0n) is 11.5. The predicted octanol–water partition coefficient (Wildman–Crippen LogP) is 3.92. The largest absolute Gasteiger partial charge is 0.330 e. The molecule has 0 aliphatic heterocycles. The van der Waals surface area contributed by atoms with Crippen molar-refractivity contribution in [3.63, 3.8) is 0 Å². The van der Waals surface area contributed by atoms with Crippen molar-refractivity contribution in [2.75, 3.05) is 11.9 Å². The molecule has 1 unspecified atom stereocenters. The van der Waals surface area contributed by atoms with Crippen LogP contribution in [0.3, 0.4) is 0 Å². The van der Waals surface area contributed by atoms with E-state index in [0.717, 1.165) is 27.4 Å². The summed E-state index contributed by atoms with van der Waals surface area (Å²) in [7, 11) is 0. The van der Waals surface area contributed by atoms with Gasteiger partial charge in [-0.3, -0.25) is 4.79 Å². The second kappa shape index (κ2) is 6.86. The first-order valence-corrected chi connectivity index (χ1v) is 7.62. The van der Waals surface area contributed by atoms with Crippen molar-refractivity contribution in [1.29, 1.82) is 0 Å². The predicted molar refractivity (Wildman–Crippen MR) is 87.7 cm³/mol. The van der Waals surface area contributed by atoms with E-state index in [2.05, 4.69) is 28.2 Å². The third-order valence-electron chi connectivity index (χ3n) is 3.53. The fourth-order valence-electron chi connectivity index (χ4n) is 2.23. The smallest absolute Gasteiger partial charge is 0.224 e. The summed E-state index contributed by atoms with van der Waals surface area (Å²) >= 11 is 3.53. The van der Waals surface area contributed by atoms with Crippen LogP contribution in [0.25, 0.3) is 10.8 Å². The van der Waals surface area contributed by atoms with Gasteiger partial charge in [0.2, 0.25) is 5.91 Å². The molecule has 0 spiro atoms. The summed E-state index contributed by atoms with van der Waals surface area (Å²) in [5, 5.41) is 5.13. The number of benzene rings is 2. The Morgan fingerprint density at radius 3 is 2.60 bits per heavy atom. The van der Waals surface area contributed by atoms with Gasteiger partial charge in [0.1, 0.15) is 0 Å². The molecule has 2 aromatic carbocycles. The molecule has 4 heteroatoms. The molecule has 0 saturated carbocycles. The van der Waals surface area contributed by atoms with E-state index >= 15 is 0 Å². The van der Waals surface area contributed by atoms with Crippen molar-refractivity contribution >= 4 is 38.3 Å². The molecule has 0 aliphatic rings. The normalized spacial score (nSPS) is 12.3. The molecule has 0 radical (unpaired) electrons. The molecule has 1 amide bonds. The van der Waals surface area contributed by atoms with Gasteiger partial charge >= 0.3 is 0 Å². The van der Waals surface area contributed by atoms with Crippen molar-refractivity contribution in [3.8, 4) is 0 Å². The van der Waals surface area contributed by atoms with Crippen LogP contribution in [0.15, 0.2) is 40.9 Å². The molecule has 2 aromatic rings. The Morgan fingerprint density at radius 1 is 1.25 bits per heavy atom. The van der Waals surface area contributed by atoms with Crippen LogP contribution >= 0.6 is 15.9 Å². The summed E-state index contributed by atoms with van der Waals surface area (Å²) in [6.07, 6.45) is 1.39. The summed E-state index contributed by atoms with van der Waals surface area (Å²) in [5.41, 5.74) is 6.50. The van der Waals surface area contributed by atoms with E-state index in [1.54, 1.807) is 0 Å². The zero-order valence-corrected chi connectivity index (χ0v) is 13.1. The fourth-order valence-corrected chi connectivity index (χ4v) is 2.71. The number of carbonyl (C=O) groups is 1. The third-order valence-corrected chi connectivity index (χ3v) is 4.22. The maximum absolute atomic E-state index is 12.1. The molecular weight excluding hydrogens is 316 g/mol. The fraction of sp³-hybridized carbons (Fsp3) is 0.312. The second-order valence-electron chi connectivity index (χ2n) is 4.90. The van der Waals surface area contributed by atoms with E-state index < -0.39 is 0 Å². The van der Waals surface area contributed by atoms with Crippen LogP contribution in [0.2, 0.25) is 0 Å². The molecule has 0 heterocycles. The van der Waals surface area contributed by atoms with Crippen molar-refractivity contribution in [1.82, 2.24) is 0 Å². The van der Waals surface area contributed by atoms with Gasteiger partial charge in [-0.05, 0) is 30.0 Å². The van der Waals surface area contributed by atoms with Gasteiger partial charge in [0.25, 0.3) is 0 Å². The molecule has 3 nitrogen and oxygen atoms in total. The maximum atomic E-state index is 12.1. The summed E-state index contributed by atoms with van der Waals surface area (Å²) < 4.78 is 1.03. The Morgan fingerprint density at radius 2 is 1.95 bits per heavy atom. The van der Waals surface area contributed by atoms with Crippen LogP contribution in [0, 0.1) is 5.92 Å². The van der Waals surface area contributed by atoms with Crippen LogP contribution in [0.5, 0.6) is 0 Å². The number of amides is 1. The minimum Gasteiger partial charge on any atom is -0.330 e. The van der Waals surface area contributed by atoms with E-state index in [-0.39, 0.29) is 11.8 Å². The molecule has 106 valence electrons. The van der Waals surface area contributed by atoms with E-state index in [4.69, 9.17) is 5.73 Å². The zero-order chi connectivity index (χ0) is 14.5. The van der Waals surface area contributed by atoms with Crippen molar-refractivity contribution < 1.29 is 4.79 Å². The first-order chi connectivity index (χ1) is 9.65.